The topological polar surface area (TPSA) is 96.0 Å². The highest BCUT2D eigenvalue weighted by molar-refractivity contribution is 8.02. The lowest BCUT2D eigenvalue weighted by atomic mass is 10.4. The zero-order valence-corrected chi connectivity index (χ0v) is 13.8. The third-order valence-corrected chi connectivity index (χ3v) is 4.17. The van der Waals surface area contributed by atoms with Crippen LogP contribution in [0, 0.1) is 0 Å². The first-order valence-corrected chi connectivity index (χ1v) is 8.08. The SMILES string of the molecule is C=CCNc1nnc(S[C@H](C)C(=O)NC(=O)NC(C)C)s1. The van der Waals surface area contributed by atoms with E-state index in [1.54, 1.807) is 13.0 Å². The summed E-state index contributed by atoms with van der Waals surface area (Å²) in [6.07, 6.45) is 1.72. The van der Waals surface area contributed by atoms with Crippen LogP contribution in [0.25, 0.3) is 0 Å². The fraction of sp³-hybridized carbons (Fsp3) is 0.500. The molecule has 3 amide bonds. The van der Waals surface area contributed by atoms with E-state index in [0.717, 1.165) is 0 Å². The van der Waals surface area contributed by atoms with Gasteiger partial charge < -0.3 is 10.6 Å². The van der Waals surface area contributed by atoms with Crippen LogP contribution in [0.2, 0.25) is 0 Å². The van der Waals surface area contributed by atoms with Crippen LogP contribution in [0.5, 0.6) is 0 Å². The van der Waals surface area contributed by atoms with Crippen molar-refractivity contribution < 1.29 is 9.59 Å². The average Bonchev–Trinajstić information content (AvgIpc) is 2.82. The van der Waals surface area contributed by atoms with E-state index in [1.807, 2.05) is 13.8 Å². The minimum atomic E-state index is -0.493. The Balaban J connectivity index is 2.46. The van der Waals surface area contributed by atoms with Gasteiger partial charge in [-0.3, -0.25) is 10.1 Å². The first-order chi connectivity index (χ1) is 9.92. The van der Waals surface area contributed by atoms with E-state index in [9.17, 15) is 9.59 Å². The van der Waals surface area contributed by atoms with Crippen LogP contribution in [-0.2, 0) is 4.79 Å². The third-order valence-electron chi connectivity index (χ3n) is 2.11. The summed E-state index contributed by atoms with van der Waals surface area (Å²) in [5.41, 5.74) is 0. The fourth-order valence-electron chi connectivity index (χ4n) is 1.20. The lowest BCUT2D eigenvalue weighted by molar-refractivity contribution is -0.119. The number of amides is 3. The summed E-state index contributed by atoms with van der Waals surface area (Å²) in [5, 5.41) is 16.0. The number of rotatable bonds is 7. The van der Waals surface area contributed by atoms with Crippen LogP contribution in [-0.4, -0.2) is 40.0 Å². The summed E-state index contributed by atoms with van der Waals surface area (Å²) in [6.45, 7) is 9.55. The molecule has 0 bridgehead atoms. The number of anilines is 1. The van der Waals surface area contributed by atoms with Crippen molar-refractivity contribution in [2.45, 2.75) is 36.4 Å². The van der Waals surface area contributed by atoms with E-state index in [-0.39, 0.29) is 11.9 Å². The quantitative estimate of drug-likeness (QED) is 0.522. The van der Waals surface area contributed by atoms with Crippen molar-refractivity contribution in [3.8, 4) is 0 Å². The molecule has 3 N–H and O–H groups in total. The number of nitrogens with one attached hydrogen (secondary N) is 3. The fourth-order valence-corrected chi connectivity index (χ4v) is 3.11. The zero-order valence-electron chi connectivity index (χ0n) is 12.2. The number of urea groups is 1. The van der Waals surface area contributed by atoms with Crippen molar-refractivity contribution in [3.05, 3.63) is 12.7 Å². The minimum absolute atomic E-state index is 0.0255. The first-order valence-electron chi connectivity index (χ1n) is 6.38. The van der Waals surface area contributed by atoms with Crippen molar-refractivity contribution in [1.29, 1.82) is 0 Å². The number of thioether (sulfide) groups is 1. The van der Waals surface area contributed by atoms with Gasteiger partial charge >= 0.3 is 6.03 Å². The Labute approximate surface area is 132 Å². The van der Waals surface area contributed by atoms with E-state index in [2.05, 4.69) is 32.7 Å². The number of hydrogen-bond acceptors (Lipinski definition) is 7. The number of aromatic nitrogens is 2. The van der Waals surface area contributed by atoms with Crippen LogP contribution < -0.4 is 16.0 Å². The molecule has 0 aliphatic rings. The molecule has 1 aromatic heterocycles. The minimum Gasteiger partial charge on any atom is -0.357 e. The van der Waals surface area contributed by atoms with Gasteiger partial charge in [-0.15, -0.1) is 16.8 Å². The summed E-state index contributed by atoms with van der Waals surface area (Å²) >= 11 is 2.60. The van der Waals surface area contributed by atoms with Gasteiger partial charge in [0.05, 0.1) is 5.25 Å². The van der Waals surface area contributed by atoms with Crippen LogP contribution in [0.3, 0.4) is 0 Å². The molecule has 0 saturated heterocycles. The largest absolute Gasteiger partial charge is 0.357 e. The monoisotopic (exact) mass is 329 g/mol. The highest BCUT2D eigenvalue weighted by Crippen LogP contribution is 2.28. The lowest BCUT2D eigenvalue weighted by Gasteiger charge is -2.11. The Bertz CT molecular complexity index is 504. The van der Waals surface area contributed by atoms with Crippen molar-refractivity contribution in [1.82, 2.24) is 20.8 Å². The molecule has 116 valence electrons. The molecule has 0 unspecified atom stereocenters. The van der Waals surface area contributed by atoms with Crippen LogP contribution in [0.4, 0.5) is 9.93 Å². The van der Waals surface area contributed by atoms with Crippen LogP contribution >= 0.6 is 23.1 Å². The summed E-state index contributed by atoms with van der Waals surface area (Å²) in [7, 11) is 0. The van der Waals surface area contributed by atoms with Crippen LogP contribution in [0.1, 0.15) is 20.8 Å². The van der Waals surface area contributed by atoms with Gasteiger partial charge in [-0.2, -0.15) is 0 Å². The molecule has 1 aromatic rings. The number of hydrogen-bond donors (Lipinski definition) is 3. The van der Waals surface area contributed by atoms with Gasteiger partial charge in [0, 0.05) is 12.6 Å². The van der Waals surface area contributed by atoms with Gasteiger partial charge in [0.2, 0.25) is 11.0 Å². The predicted octanol–water partition coefficient (Wildman–Crippen LogP) is 1.85. The Morgan fingerprint density at radius 3 is 2.71 bits per heavy atom. The van der Waals surface area contributed by atoms with E-state index >= 15 is 0 Å². The Morgan fingerprint density at radius 2 is 2.10 bits per heavy atom. The number of carbonyl (C=O) groups excluding carboxylic acids is 2. The van der Waals surface area contributed by atoms with Crippen molar-refractivity contribution in [2.75, 3.05) is 11.9 Å². The summed E-state index contributed by atoms with van der Waals surface area (Å²) in [5.74, 6) is -0.367. The van der Waals surface area contributed by atoms with E-state index < -0.39 is 11.3 Å². The van der Waals surface area contributed by atoms with Gasteiger partial charge in [-0.1, -0.05) is 29.2 Å². The standard InChI is InChI=1S/C12H19N5O2S2/c1-5-6-13-11-16-17-12(21-11)20-8(4)9(18)15-10(19)14-7(2)3/h5,7-8H,1,6H2,2-4H3,(H,13,16)(H2,14,15,18,19)/t8-/m1/s1. The van der Waals surface area contributed by atoms with Gasteiger partial charge in [-0.05, 0) is 20.8 Å². The van der Waals surface area contributed by atoms with Gasteiger partial charge in [0.1, 0.15) is 0 Å². The molecule has 0 aliphatic heterocycles. The van der Waals surface area contributed by atoms with Gasteiger partial charge in [0.25, 0.3) is 0 Å². The second-order valence-electron chi connectivity index (χ2n) is 4.42. The highest BCUT2D eigenvalue weighted by Gasteiger charge is 2.19. The van der Waals surface area contributed by atoms with Crippen molar-refractivity contribution in [2.24, 2.45) is 0 Å². The van der Waals surface area contributed by atoms with Crippen molar-refractivity contribution in [3.63, 3.8) is 0 Å². The molecule has 21 heavy (non-hydrogen) atoms. The molecule has 7 nitrogen and oxygen atoms in total. The maximum Gasteiger partial charge on any atom is 0.321 e. The van der Waals surface area contributed by atoms with E-state index in [0.29, 0.717) is 16.0 Å². The molecule has 9 heteroatoms. The molecule has 1 heterocycles. The van der Waals surface area contributed by atoms with Crippen molar-refractivity contribution >= 4 is 40.2 Å². The maximum absolute atomic E-state index is 11.9. The molecule has 1 atom stereocenters. The lowest BCUT2D eigenvalue weighted by Crippen LogP contribution is -2.45. The number of carbonyl (C=O) groups is 2. The number of imide groups is 1. The van der Waals surface area contributed by atoms with Crippen LogP contribution in [0.15, 0.2) is 17.0 Å². The summed E-state index contributed by atoms with van der Waals surface area (Å²) in [6, 6.07) is -0.518. The van der Waals surface area contributed by atoms with E-state index in [4.69, 9.17) is 0 Å². The molecule has 0 radical (unpaired) electrons. The van der Waals surface area contributed by atoms with E-state index in [1.165, 1.54) is 23.1 Å². The normalized spacial score (nSPS) is 11.8. The molecule has 0 aliphatic carbocycles. The Morgan fingerprint density at radius 1 is 1.38 bits per heavy atom. The molecule has 0 saturated carbocycles. The maximum atomic E-state index is 11.9. The predicted molar refractivity (Wildman–Crippen MR) is 85.7 cm³/mol. The average molecular weight is 329 g/mol. The smallest absolute Gasteiger partial charge is 0.321 e. The second kappa shape index (κ2) is 8.63. The molecule has 1 rings (SSSR count). The molecular weight excluding hydrogens is 310 g/mol. The Kier molecular flexibility index (Phi) is 7.17. The molecule has 0 spiro atoms. The number of nitrogens with zero attached hydrogens (tertiary/aromatic N) is 2. The zero-order chi connectivity index (χ0) is 15.8. The molecule has 0 aromatic carbocycles. The molecular formula is C12H19N5O2S2. The third kappa shape index (κ3) is 6.58. The second-order valence-corrected chi connectivity index (χ2v) is 6.99. The van der Waals surface area contributed by atoms with Gasteiger partial charge in [-0.25, -0.2) is 4.79 Å². The molecule has 0 fully saturated rings. The Hall–Kier alpha value is -1.61. The highest BCUT2D eigenvalue weighted by atomic mass is 32.2. The van der Waals surface area contributed by atoms with Gasteiger partial charge in [0.15, 0.2) is 4.34 Å². The summed E-state index contributed by atoms with van der Waals surface area (Å²) in [4.78, 5) is 23.3. The first kappa shape index (κ1) is 17.4. The summed E-state index contributed by atoms with van der Waals surface area (Å²) < 4.78 is 0.661.